The Morgan fingerprint density at radius 3 is 2.90 bits per heavy atom. The molecule has 1 aromatic rings. The lowest BCUT2D eigenvalue weighted by Gasteiger charge is -1.95. The van der Waals surface area contributed by atoms with Crippen molar-refractivity contribution in [2.75, 3.05) is 0 Å². The maximum Gasteiger partial charge on any atom is 0.343 e. The molecule has 3 nitrogen and oxygen atoms in total. The van der Waals surface area contributed by atoms with E-state index < -0.39 is 12.1 Å². The standard InChI is InChI=1S/C6H5FO3/c7-5(6(8)9)4-1-2-10-3-4/h1-3,5H,(H,8,9). The van der Waals surface area contributed by atoms with Crippen LogP contribution in [-0.2, 0) is 4.79 Å². The fourth-order valence-electron chi connectivity index (χ4n) is 0.562. The molecule has 54 valence electrons. The van der Waals surface area contributed by atoms with Crippen molar-refractivity contribution in [1.29, 1.82) is 0 Å². The normalized spacial score (nSPS) is 12.9. The van der Waals surface area contributed by atoms with Crippen LogP contribution in [0, 0.1) is 0 Å². The summed E-state index contributed by atoms with van der Waals surface area (Å²) in [6.45, 7) is 0. The maximum absolute atomic E-state index is 12.4. The van der Waals surface area contributed by atoms with Crippen LogP contribution in [0.4, 0.5) is 4.39 Å². The van der Waals surface area contributed by atoms with E-state index in [0.29, 0.717) is 0 Å². The van der Waals surface area contributed by atoms with Crippen LogP contribution in [0.5, 0.6) is 0 Å². The number of carboxylic acids is 1. The lowest BCUT2D eigenvalue weighted by molar-refractivity contribution is -0.143. The van der Waals surface area contributed by atoms with Crippen molar-refractivity contribution >= 4 is 5.97 Å². The van der Waals surface area contributed by atoms with Gasteiger partial charge in [-0.05, 0) is 6.07 Å². The summed E-state index contributed by atoms with van der Waals surface area (Å²) in [6, 6.07) is 1.28. The highest BCUT2D eigenvalue weighted by Crippen LogP contribution is 2.16. The monoisotopic (exact) mass is 144 g/mol. The summed E-state index contributed by atoms with van der Waals surface area (Å²) in [7, 11) is 0. The van der Waals surface area contributed by atoms with Crippen LogP contribution in [0.3, 0.4) is 0 Å². The minimum Gasteiger partial charge on any atom is -0.479 e. The average Bonchev–Trinajstić information content (AvgIpc) is 2.36. The number of hydrogen-bond donors (Lipinski definition) is 1. The van der Waals surface area contributed by atoms with Crippen LogP contribution in [0.15, 0.2) is 23.0 Å². The smallest absolute Gasteiger partial charge is 0.343 e. The van der Waals surface area contributed by atoms with Gasteiger partial charge in [0, 0.05) is 5.56 Å². The number of aliphatic carboxylic acids is 1. The molecule has 0 bridgehead atoms. The number of carboxylic acid groups (broad SMARTS) is 1. The van der Waals surface area contributed by atoms with Gasteiger partial charge in [0.15, 0.2) is 0 Å². The van der Waals surface area contributed by atoms with Crippen LogP contribution in [0.2, 0.25) is 0 Å². The molecule has 0 aromatic carbocycles. The molecule has 0 aliphatic carbocycles. The van der Waals surface area contributed by atoms with E-state index in [1.807, 2.05) is 0 Å². The molecule has 10 heavy (non-hydrogen) atoms. The van der Waals surface area contributed by atoms with E-state index in [9.17, 15) is 9.18 Å². The van der Waals surface area contributed by atoms with E-state index >= 15 is 0 Å². The molecule has 1 heterocycles. The van der Waals surface area contributed by atoms with Gasteiger partial charge in [0.05, 0.1) is 12.5 Å². The third-order valence-electron chi connectivity index (χ3n) is 1.05. The van der Waals surface area contributed by atoms with Crippen molar-refractivity contribution < 1.29 is 18.7 Å². The molecule has 1 rings (SSSR count). The van der Waals surface area contributed by atoms with Crippen molar-refractivity contribution in [3.8, 4) is 0 Å². The summed E-state index contributed by atoms with van der Waals surface area (Å²) in [5.74, 6) is -1.50. The third kappa shape index (κ3) is 1.15. The number of alkyl halides is 1. The quantitative estimate of drug-likeness (QED) is 0.682. The largest absolute Gasteiger partial charge is 0.479 e. The molecule has 0 spiro atoms. The van der Waals surface area contributed by atoms with Gasteiger partial charge in [0.25, 0.3) is 0 Å². The van der Waals surface area contributed by atoms with Crippen LogP contribution >= 0.6 is 0 Å². The third-order valence-corrected chi connectivity index (χ3v) is 1.05. The first-order valence-electron chi connectivity index (χ1n) is 2.61. The number of furan rings is 1. The fraction of sp³-hybridized carbons (Fsp3) is 0.167. The highest BCUT2D eigenvalue weighted by atomic mass is 19.1. The summed E-state index contributed by atoms with van der Waals surface area (Å²) < 4.78 is 16.9. The van der Waals surface area contributed by atoms with Crippen molar-refractivity contribution in [1.82, 2.24) is 0 Å². The van der Waals surface area contributed by atoms with E-state index in [2.05, 4.69) is 4.42 Å². The van der Waals surface area contributed by atoms with Gasteiger partial charge in [-0.25, -0.2) is 9.18 Å². The van der Waals surface area contributed by atoms with Gasteiger partial charge in [-0.15, -0.1) is 0 Å². The van der Waals surface area contributed by atoms with Crippen LogP contribution < -0.4 is 0 Å². The van der Waals surface area contributed by atoms with Gasteiger partial charge in [-0.2, -0.15) is 0 Å². The first kappa shape index (κ1) is 6.80. The van der Waals surface area contributed by atoms with E-state index in [1.54, 1.807) is 0 Å². The van der Waals surface area contributed by atoms with Crippen LogP contribution in [0.25, 0.3) is 0 Å². The first-order chi connectivity index (χ1) is 4.72. The minimum atomic E-state index is -1.97. The second kappa shape index (κ2) is 2.51. The second-order valence-corrected chi connectivity index (χ2v) is 1.76. The van der Waals surface area contributed by atoms with Crippen LogP contribution in [-0.4, -0.2) is 11.1 Å². The zero-order valence-corrected chi connectivity index (χ0v) is 4.95. The number of hydrogen-bond acceptors (Lipinski definition) is 2. The Labute approximate surface area is 56.1 Å². The Morgan fingerprint density at radius 2 is 2.50 bits per heavy atom. The Bertz CT molecular complexity index is 217. The molecular formula is C6H5FO3. The Morgan fingerprint density at radius 1 is 1.80 bits per heavy atom. The molecule has 1 aromatic heterocycles. The fourth-order valence-corrected chi connectivity index (χ4v) is 0.562. The van der Waals surface area contributed by atoms with E-state index in [1.165, 1.54) is 12.3 Å². The first-order valence-corrected chi connectivity index (χ1v) is 2.61. The summed E-state index contributed by atoms with van der Waals surface area (Å²) in [5, 5.41) is 8.14. The molecule has 1 unspecified atom stereocenters. The molecule has 1 N–H and O–H groups in total. The molecule has 0 aliphatic rings. The average molecular weight is 144 g/mol. The molecule has 0 fully saturated rings. The van der Waals surface area contributed by atoms with Crippen molar-refractivity contribution in [2.45, 2.75) is 6.17 Å². The number of carbonyl (C=O) groups is 1. The molecule has 0 saturated carbocycles. The Hall–Kier alpha value is -1.32. The molecule has 0 aliphatic heterocycles. The molecule has 0 amide bonds. The maximum atomic E-state index is 12.4. The molecular weight excluding hydrogens is 139 g/mol. The van der Waals surface area contributed by atoms with E-state index in [0.717, 1.165) is 6.26 Å². The predicted octanol–water partition coefficient (Wildman–Crippen LogP) is 1.37. The van der Waals surface area contributed by atoms with E-state index in [-0.39, 0.29) is 5.56 Å². The summed E-state index contributed by atoms with van der Waals surface area (Å²) >= 11 is 0. The lowest BCUT2D eigenvalue weighted by Crippen LogP contribution is -2.04. The zero-order chi connectivity index (χ0) is 7.56. The van der Waals surface area contributed by atoms with Gasteiger partial charge >= 0.3 is 5.97 Å². The van der Waals surface area contributed by atoms with E-state index in [4.69, 9.17) is 5.11 Å². The Balaban J connectivity index is 2.77. The van der Waals surface area contributed by atoms with Gasteiger partial charge in [0.2, 0.25) is 6.17 Å². The second-order valence-electron chi connectivity index (χ2n) is 1.76. The summed E-state index contributed by atoms with van der Waals surface area (Å²) in [6.07, 6.45) is 0.322. The van der Waals surface area contributed by atoms with Crippen molar-refractivity contribution in [2.24, 2.45) is 0 Å². The lowest BCUT2D eigenvalue weighted by atomic mass is 10.2. The molecule has 4 heteroatoms. The summed E-state index contributed by atoms with van der Waals surface area (Å²) in [4.78, 5) is 9.98. The number of rotatable bonds is 2. The topological polar surface area (TPSA) is 50.4 Å². The van der Waals surface area contributed by atoms with Gasteiger partial charge in [0.1, 0.15) is 0 Å². The SMILES string of the molecule is O=C(O)C(F)c1ccoc1. The van der Waals surface area contributed by atoms with Gasteiger partial charge in [-0.3, -0.25) is 0 Å². The summed E-state index contributed by atoms with van der Waals surface area (Å²) in [5.41, 5.74) is 0.0347. The minimum absolute atomic E-state index is 0.0347. The number of halogens is 1. The van der Waals surface area contributed by atoms with Gasteiger partial charge in [-0.1, -0.05) is 0 Å². The van der Waals surface area contributed by atoms with Crippen LogP contribution in [0.1, 0.15) is 11.7 Å². The van der Waals surface area contributed by atoms with Crippen molar-refractivity contribution in [3.05, 3.63) is 24.2 Å². The zero-order valence-electron chi connectivity index (χ0n) is 4.95. The highest BCUT2D eigenvalue weighted by molar-refractivity contribution is 5.73. The Kier molecular flexibility index (Phi) is 1.71. The molecule has 0 radical (unpaired) electrons. The predicted molar refractivity (Wildman–Crippen MR) is 30.2 cm³/mol. The highest BCUT2D eigenvalue weighted by Gasteiger charge is 2.18. The molecule has 0 saturated heterocycles. The van der Waals surface area contributed by atoms with Gasteiger partial charge < -0.3 is 9.52 Å². The van der Waals surface area contributed by atoms with Crippen molar-refractivity contribution in [3.63, 3.8) is 0 Å². The molecule has 1 atom stereocenters.